The summed E-state index contributed by atoms with van der Waals surface area (Å²) in [6.07, 6.45) is 1.47. The van der Waals surface area contributed by atoms with Crippen molar-refractivity contribution in [2.45, 2.75) is 6.42 Å². The number of carbonyl (C=O) groups excluding carboxylic acids is 1. The van der Waals surface area contributed by atoms with Crippen molar-refractivity contribution in [3.8, 4) is 0 Å². The maximum atomic E-state index is 10.4. The van der Waals surface area contributed by atoms with Gasteiger partial charge >= 0.3 is 0 Å². The Balaban J connectivity index is 2.97. The molecule has 9 heavy (non-hydrogen) atoms. The van der Waals surface area contributed by atoms with Gasteiger partial charge < -0.3 is 0 Å². The van der Waals surface area contributed by atoms with Crippen LogP contribution in [0, 0.1) is 0 Å². The molecule has 0 aromatic rings. The van der Waals surface area contributed by atoms with Crippen LogP contribution >= 0.6 is 0 Å². The molecule has 1 aliphatic heterocycles. The van der Waals surface area contributed by atoms with Crippen LogP contribution in [0.3, 0.4) is 0 Å². The Morgan fingerprint density at radius 1 is 1.56 bits per heavy atom. The van der Waals surface area contributed by atoms with E-state index >= 15 is 0 Å². The van der Waals surface area contributed by atoms with Crippen molar-refractivity contribution in [1.82, 2.24) is 4.72 Å². The molecule has 0 saturated heterocycles. The van der Waals surface area contributed by atoms with E-state index in [1.165, 1.54) is 6.08 Å². The van der Waals surface area contributed by atoms with Crippen LogP contribution < -0.4 is 4.72 Å². The Hall–Kier alpha value is -0.840. The molecular weight excluding hydrogens is 142 g/mol. The first kappa shape index (κ1) is 6.28. The smallest absolute Gasteiger partial charge is 0.256 e. The Labute approximate surface area is 52.6 Å². The van der Waals surface area contributed by atoms with Gasteiger partial charge in [-0.05, 0) is 0 Å². The van der Waals surface area contributed by atoms with E-state index in [0.717, 1.165) is 5.41 Å². The van der Waals surface area contributed by atoms with Gasteiger partial charge in [-0.25, -0.2) is 13.1 Å². The molecule has 4 nitrogen and oxygen atoms in total. The van der Waals surface area contributed by atoms with Crippen LogP contribution in [0.25, 0.3) is 0 Å². The maximum absolute atomic E-state index is 10.4. The van der Waals surface area contributed by atoms with Gasteiger partial charge in [0.15, 0.2) is 0 Å². The van der Waals surface area contributed by atoms with Gasteiger partial charge in [-0.2, -0.15) is 0 Å². The third-order valence-corrected chi connectivity index (χ3v) is 1.90. The zero-order valence-corrected chi connectivity index (χ0v) is 5.31. The van der Waals surface area contributed by atoms with E-state index in [1.807, 2.05) is 0 Å². The summed E-state index contributed by atoms with van der Waals surface area (Å²) in [6.45, 7) is 0. The normalized spacial score (nSPS) is 23.3. The second kappa shape index (κ2) is 1.84. The molecule has 0 saturated carbocycles. The lowest BCUT2D eigenvalue weighted by atomic mass is 10.4. The Morgan fingerprint density at radius 2 is 2.22 bits per heavy atom. The zero-order chi connectivity index (χ0) is 6.91. The minimum absolute atomic E-state index is 0.152. The molecule has 1 amide bonds. The lowest BCUT2D eigenvalue weighted by molar-refractivity contribution is -0.118. The van der Waals surface area contributed by atoms with Crippen molar-refractivity contribution in [1.29, 1.82) is 0 Å². The summed E-state index contributed by atoms with van der Waals surface area (Å²) < 4.78 is 22.7. The van der Waals surface area contributed by atoms with Crippen LogP contribution in [0.2, 0.25) is 0 Å². The van der Waals surface area contributed by atoms with E-state index in [2.05, 4.69) is 0 Å². The van der Waals surface area contributed by atoms with Crippen molar-refractivity contribution in [2.75, 3.05) is 0 Å². The topological polar surface area (TPSA) is 63.2 Å². The molecule has 0 atom stereocenters. The van der Waals surface area contributed by atoms with E-state index in [0.29, 0.717) is 0 Å². The molecule has 0 aromatic carbocycles. The molecule has 1 aliphatic rings. The van der Waals surface area contributed by atoms with Gasteiger partial charge in [0, 0.05) is 11.8 Å². The SMILES string of the molecule is O=C1CC=CS(=O)(=O)N1. The summed E-state index contributed by atoms with van der Waals surface area (Å²) in [5.74, 6) is -0.475. The minimum atomic E-state index is -3.41. The Kier molecular flexibility index (Phi) is 1.28. The third kappa shape index (κ3) is 1.53. The first-order valence-corrected chi connectivity index (χ1v) is 3.87. The molecule has 0 aliphatic carbocycles. The second-order valence-electron chi connectivity index (χ2n) is 1.65. The van der Waals surface area contributed by atoms with Crippen molar-refractivity contribution in [3.63, 3.8) is 0 Å². The predicted octanol–water partition coefficient (Wildman–Crippen LogP) is -0.650. The van der Waals surface area contributed by atoms with E-state index in [1.54, 1.807) is 4.72 Å². The van der Waals surface area contributed by atoms with Crippen LogP contribution in [0.1, 0.15) is 6.42 Å². The number of rotatable bonds is 0. The highest BCUT2D eigenvalue weighted by Gasteiger charge is 2.13. The largest absolute Gasteiger partial charge is 0.274 e. The van der Waals surface area contributed by atoms with Gasteiger partial charge in [0.05, 0.1) is 0 Å². The van der Waals surface area contributed by atoms with Crippen LogP contribution in [-0.4, -0.2) is 14.3 Å². The first-order valence-electron chi connectivity index (χ1n) is 2.32. The number of hydrogen-bond acceptors (Lipinski definition) is 3. The summed E-state index contributed by atoms with van der Waals surface area (Å²) in [7, 11) is -3.41. The fourth-order valence-electron chi connectivity index (χ4n) is 0.516. The van der Waals surface area contributed by atoms with Gasteiger partial charge in [-0.15, -0.1) is 0 Å². The van der Waals surface area contributed by atoms with Crippen LogP contribution in [0.5, 0.6) is 0 Å². The molecule has 0 fully saturated rings. The highest BCUT2D eigenvalue weighted by atomic mass is 32.2. The summed E-state index contributed by atoms with van der Waals surface area (Å²) in [6, 6.07) is 0. The van der Waals surface area contributed by atoms with Crippen molar-refractivity contribution < 1.29 is 13.2 Å². The molecule has 1 rings (SSSR count). The quantitative estimate of drug-likeness (QED) is 0.495. The van der Waals surface area contributed by atoms with Gasteiger partial charge in [-0.1, -0.05) is 6.08 Å². The Morgan fingerprint density at radius 3 is 2.56 bits per heavy atom. The lowest BCUT2D eigenvalue weighted by Crippen LogP contribution is -2.30. The number of sulfonamides is 1. The molecule has 0 bridgehead atoms. The molecule has 1 heterocycles. The first-order chi connectivity index (χ1) is 4.10. The second-order valence-corrected chi connectivity index (χ2v) is 3.21. The van der Waals surface area contributed by atoms with E-state index < -0.39 is 15.9 Å². The summed E-state index contributed by atoms with van der Waals surface area (Å²) in [4.78, 5) is 10.3. The van der Waals surface area contributed by atoms with E-state index in [4.69, 9.17) is 0 Å². The summed E-state index contributed by atoms with van der Waals surface area (Å²) in [5, 5.41) is 0.981. The average Bonchev–Trinajstić information content (AvgIpc) is 1.60. The maximum Gasteiger partial charge on any atom is 0.256 e. The number of nitrogens with one attached hydrogen (secondary N) is 1. The molecule has 0 radical (unpaired) electrons. The molecule has 1 N–H and O–H groups in total. The third-order valence-electron chi connectivity index (χ3n) is 0.835. The summed E-state index contributed by atoms with van der Waals surface area (Å²) in [5.41, 5.74) is 0. The standard InChI is InChI=1S/C4H5NO3S/c6-4-2-1-3-9(7,8)5-4/h1,3H,2H2,(H,5,6). The van der Waals surface area contributed by atoms with E-state index in [-0.39, 0.29) is 6.42 Å². The minimum Gasteiger partial charge on any atom is -0.274 e. The average molecular weight is 147 g/mol. The molecule has 0 unspecified atom stereocenters. The highest BCUT2D eigenvalue weighted by Crippen LogP contribution is 1.97. The van der Waals surface area contributed by atoms with E-state index in [9.17, 15) is 13.2 Å². The van der Waals surface area contributed by atoms with Gasteiger partial charge in [0.2, 0.25) is 5.91 Å². The van der Waals surface area contributed by atoms with Gasteiger partial charge in [-0.3, -0.25) is 4.79 Å². The van der Waals surface area contributed by atoms with Crippen molar-refractivity contribution in [3.05, 3.63) is 11.5 Å². The predicted molar refractivity (Wildman–Crippen MR) is 30.8 cm³/mol. The van der Waals surface area contributed by atoms with Crippen molar-refractivity contribution >= 4 is 15.9 Å². The lowest BCUT2D eigenvalue weighted by Gasteiger charge is -2.04. The molecule has 0 aromatic heterocycles. The van der Waals surface area contributed by atoms with Crippen molar-refractivity contribution in [2.24, 2.45) is 0 Å². The summed E-state index contributed by atoms with van der Waals surface area (Å²) >= 11 is 0. The van der Waals surface area contributed by atoms with Gasteiger partial charge in [0.25, 0.3) is 10.0 Å². The van der Waals surface area contributed by atoms with Crippen LogP contribution in [0.4, 0.5) is 0 Å². The Bertz CT molecular complexity index is 251. The molecule has 50 valence electrons. The molecule has 5 heteroatoms. The zero-order valence-electron chi connectivity index (χ0n) is 4.49. The number of hydrogen-bond donors (Lipinski definition) is 1. The fourth-order valence-corrected chi connectivity index (χ4v) is 1.33. The fraction of sp³-hybridized carbons (Fsp3) is 0.250. The van der Waals surface area contributed by atoms with Gasteiger partial charge in [0.1, 0.15) is 0 Å². The van der Waals surface area contributed by atoms with Crippen LogP contribution in [0.15, 0.2) is 11.5 Å². The number of carbonyl (C=O) groups is 1. The molecular formula is C4H5NO3S. The number of amides is 1. The molecule has 0 spiro atoms. The monoisotopic (exact) mass is 147 g/mol. The van der Waals surface area contributed by atoms with Crippen LogP contribution in [-0.2, 0) is 14.8 Å². The highest BCUT2D eigenvalue weighted by molar-refractivity contribution is 7.93.